The average Bonchev–Trinajstić information content (AvgIpc) is 2.77. The summed E-state index contributed by atoms with van der Waals surface area (Å²) < 4.78 is 0. The van der Waals surface area contributed by atoms with Gasteiger partial charge in [0.05, 0.1) is 6.54 Å². The van der Waals surface area contributed by atoms with Gasteiger partial charge >= 0.3 is 0 Å². The second kappa shape index (κ2) is 10.5. The minimum atomic E-state index is -0.436. The van der Waals surface area contributed by atoms with Gasteiger partial charge in [-0.15, -0.1) is 11.8 Å². The zero-order valence-electron chi connectivity index (χ0n) is 16.3. The largest absolute Gasteiger partial charge is 0.346 e. The van der Waals surface area contributed by atoms with Crippen LogP contribution in [0.5, 0.6) is 0 Å². The van der Waals surface area contributed by atoms with Gasteiger partial charge in [0.1, 0.15) is 5.25 Å². The first-order valence-electron chi connectivity index (χ1n) is 9.59. The summed E-state index contributed by atoms with van der Waals surface area (Å²) in [6.07, 6.45) is 0.826. The van der Waals surface area contributed by atoms with Gasteiger partial charge in [0.2, 0.25) is 11.8 Å². The molecule has 148 valence electrons. The van der Waals surface area contributed by atoms with Gasteiger partial charge in [0.15, 0.2) is 0 Å². The molecule has 1 unspecified atom stereocenters. The van der Waals surface area contributed by atoms with Gasteiger partial charge in [-0.2, -0.15) is 0 Å². The van der Waals surface area contributed by atoms with E-state index >= 15 is 0 Å². The second-order valence-corrected chi connectivity index (χ2v) is 7.68. The number of anilines is 1. The fourth-order valence-corrected chi connectivity index (χ4v) is 4.01. The molecule has 5 heteroatoms. The van der Waals surface area contributed by atoms with Crippen LogP contribution < -0.4 is 10.6 Å². The summed E-state index contributed by atoms with van der Waals surface area (Å²) in [4.78, 5) is 26.3. The molecular formula is C24H24N2O2S. The first-order valence-corrected chi connectivity index (χ1v) is 10.5. The lowest BCUT2D eigenvalue weighted by Crippen LogP contribution is -2.35. The highest BCUT2D eigenvalue weighted by molar-refractivity contribution is 8.00. The maximum atomic E-state index is 12.9. The molecule has 3 aromatic rings. The number of rotatable bonds is 8. The lowest BCUT2D eigenvalue weighted by Gasteiger charge is -2.17. The van der Waals surface area contributed by atoms with Crippen LogP contribution >= 0.6 is 11.8 Å². The minimum absolute atomic E-state index is 0.0738. The number of carbonyl (C=O) groups excluding carboxylic acids is 2. The van der Waals surface area contributed by atoms with Gasteiger partial charge in [0.25, 0.3) is 0 Å². The Kier molecular flexibility index (Phi) is 7.47. The summed E-state index contributed by atoms with van der Waals surface area (Å²) in [5, 5.41) is 5.24. The Morgan fingerprint density at radius 2 is 1.48 bits per heavy atom. The molecule has 0 aromatic heterocycles. The van der Waals surface area contributed by atoms with Gasteiger partial charge in [-0.3, -0.25) is 9.59 Å². The van der Waals surface area contributed by atoms with Crippen molar-refractivity contribution in [1.29, 1.82) is 0 Å². The Morgan fingerprint density at radius 3 is 2.17 bits per heavy atom. The summed E-state index contributed by atoms with van der Waals surface area (Å²) in [5.74, 6) is -0.431. The number of hydrogen-bond donors (Lipinski definition) is 2. The predicted molar refractivity (Wildman–Crippen MR) is 119 cm³/mol. The van der Waals surface area contributed by atoms with Crippen LogP contribution in [-0.2, 0) is 16.0 Å². The van der Waals surface area contributed by atoms with E-state index in [1.807, 2.05) is 91.9 Å². The average molecular weight is 405 g/mol. The number of hydrogen-bond acceptors (Lipinski definition) is 3. The Bertz CT molecular complexity index is 945. The van der Waals surface area contributed by atoms with Crippen molar-refractivity contribution in [1.82, 2.24) is 5.32 Å². The summed E-state index contributed by atoms with van der Waals surface area (Å²) >= 11 is 1.47. The molecule has 29 heavy (non-hydrogen) atoms. The summed E-state index contributed by atoms with van der Waals surface area (Å²) in [5.41, 5.74) is 2.75. The first kappa shape index (κ1) is 20.7. The van der Waals surface area contributed by atoms with Crippen molar-refractivity contribution in [3.05, 3.63) is 96.1 Å². The highest BCUT2D eigenvalue weighted by atomic mass is 32.2. The van der Waals surface area contributed by atoms with Crippen LogP contribution in [0, 0.1) is 0 Å². The standard InChI is InChI=1S/C24H24N2O2S/c1-2-18-11-9-10-16-21(18)26-22(27)17-25-24(28)23(19-12-5-3-6-13-19)29-20-14-7-4-8-15-20/h3-16,23H,2,17H2,1H3,(H,25,28)(H,26,27). The Balaban J connectivity index is 1.66. The van der Waals surface area contributed by atoms with Crippen molar-refractivity contribution in [2.75, 3.05) is 11.9 Å². The van der Waals surface area contributed by atoms with E-state index in [9.17, 15) is 9.59 Å². The van der Waals surface area contributed by atoms with E-state index < -0.39 is 5.25 Å². The van der Waals surface area contributed by atoms with Crippen LogP contribution in [0.2, 0.25) is 0 Å². The van der Waals surface area contributed by atoms with E-state index in [4.69, 9.17) is 0 Å². The second-order valence-electron chi connectivity index (χ2n) is 6.50. The summed E-state index contributed by atoms with van der Waals surface area (Å²) in [6, 6.07) is 27.1. The number of benzene rings is 3. The zero-order chi connectivity index (χ0) is 20.5. The third-order valence-electron chi connectivity index (χ3n) is 4.43. The van der Waals surface area contributed by atoms with Crippen molar-refractivity contribution in [3.8, 4) is 0 Å². The van der Waals surface area contributed by atoms with Crippen molar-refractivity contribution in [2.45, 2.75) is 23.5 Å². The number of aryl methyl sites for hydroxylation is 1. The van der Waals surface area contributed by atoms with Crippen molar-refractivity contribution in [2.24, 2.45) is 0 Å². The number of thioether (sulfide) groups is 1. The molecule has 3 aromatic carbocycles. The molecule has 2 N–H and O–H groups in total. The van der Waals surface area contributed by atoms with E-state index in [1.165, 1.54) is 11.8 Å². The summed E-state index contributed by atoms with van der Waals surface area (Å²) in [7, 11) is 0. The molecule has 2 amide bonds. The normalized spacial score (nSPS) is 11.5. The van der Waals surface area contributed by atoms with Crippen LogP contribution in [0.3, 0.4) is 0 Å². The van der Waals surface area contributed by atoms with E-state index in [0.717, 1.165) is 28.1 Å². The van der Waals surface area contributed by atoms with E-state index in [-0.39, 0.29) is 18.4 Å². The van der Waals surface area contributed by atoms with Crippen LogP contribution in [0.15, 0.2) is 89.8 Å². The number of carbonyl (C=O) groups is 2. The van der Waals surface area contributed by atoms with Crippen molar-refractivity contribution < 1.29 is 9.59 Å². The molecule has 0 saturated heterocycles. The topological polar surface area (TPSA) is 58.2 Å². The number of amides is 2. The van der Waals surface area contributed by atoms with Crippen LogP contribution in [-0.4, -0.2) is 18.4 Å². The van der Waals surface area contributed by atoms with Gasteiger partial charge in [-0.25, -0.2) is 0 Å². The Morgan fingerprint density at radius 1 is 0.862 bits per heavy atom. The van der Waals surface area contributed by atoms with Gasteiger partial charge in [-0.1, -0.05) is 73.7 Å². The third kappa shape index (κ3) is 5.96. The van der Waals surface area contributed by atoms with Crippen LogP contribution in [0.4, 0.5) is 5.69 Å². The molecule has 0 saturated carbocycles. The molecule has 0 aliphatic rings. The number of nitrogens with one attached hydrogen (secondary N) is 2. The molecule has 0 aliphatic heterocycles. The van der Waals surface area contributed by atoms with Crippen molar-refractivity contribution >= 4 is 29.3 Å². The van der Waals surface area contributed by atoms with Crippen LogP contribution in [0.25, 0.3) is 0 Å². The Labute approximate surface area is 175 Å². The molecule has 3 rings (SSSR count). The highest BCUT2D eigenvalue weighted by Crippen LogP contribution is 2.35. The third-order valence-corrected chi connectivity index (χ3v) is 5.70. The SMILES string of the molecule is CCc1ccccc1NC(=O)CNC(=O)C(Sc1ccccc1)c1ccccc1. The van der Waals surface area contributed by atoms with Crippen molar-refractivity contribution in [3.63, 3.8) is 0 Å². The Hall–Kier alpha value is -3.05. The molecule has 0 heterocycles. The smallest absolute Gasteiger partial charge is 0.243 e. The highest BCUT2D eigenvalue weighted by Gasteiger charge is 2.22. The van der Waals surface area contributed by atoms with E-state index in [1.54, 1.807) is 0 Å². The summed E-state index contributed by atoms with van der Waals surface area (Å²) in [6.45, 7) is 1.97. The fourth-order valence-electron chi connectivity index (χ4n) is 2.94. The van der Waals surface area contributed by atoms with Gasteiger partial charge < -0.3 is 10.6 Å². The lowest BCUT2D eigenvalue weighted by molar-refractivity contribution is -0.123. The molecule has 4 nitrogen and oxygen atoms in total. The quantitative estimate of drug-likeness (QED) is 0.528. The molecule has 0 aliphatic carbocycles. The maximum absolute atomic E-state index is 12.9. The monoisotopic (exact) mass is 404 g/mol. The lowest BCUT2D eigenvalue weighted by atomic mass is 10.1. The molecular weight excluding hydrogens is 380 g/mol. The first-order chi connectivity index (χ1) is 14.2. The van der Waals surface area contributed by atoms with Crippen LogP contribution in [0.1, 0.15) is 23.3 Å². The van der Waals surface area contributed by atoms with E-state index in [2.05, 4.69) is 10.6 Å². The number of para-hydroxylation sites is 1. The van der Waals surface area contributed by atoms with Gasteiger partial charge in [0, 0.05) is 10.6 Å². The zero-order valence-corrected chi connectivity index (χ0v) is 17.1. The molecule has 1 atom stereocenters. The van der Waals surface area contributed by atoms with Gasteiger partial charge in [-0.05, 0) is 35.7 Å². The fraction of sp³-hybridized carbons (Fsp3) is 0.167. The molecule has 0 spiro atoms. The minimum Gasteiger partial charge on any atom is -0.346 e. The predicted octanol–water partition coefficient (Wildman–Crippen LogP) is 4.84. The molecule has 0 fully saturated rings. The molecule has 0 bridgehead atoms. The van der Waals surface area contributed by atoms with E-state index in [0.29, 0.717) is 0 Å². The maximum Gasteiger partial charge on any atom is 0.243 e. The molecule has 0 radical (unpaired) electrons.